The molecule has 1 atom stereocenters. The number of rotatable bonds is 9. The van der Waals surface area contributed by atoms with E-state index in [4.69, 9.17) is 4.74 Å². The van der Waals surface area contributed by atoms with Crippen LogP contribution in [0.1, 0.15) is 37.0 Å². The van der Waals surface area contributed by atoms with E-state index in [9.17, 15) is 19.2 Å². The first kappa shape index (κ1) is 24.9. The van der Waals surface area contributed by atoms with E-state index >= 15 is 0 Å². The Morgan fingerprint density at radius 2 is 1.47 bits per heavy atom. The number of aromatic nitrogens is 3. The number of allylic oxidation sites excluding steroid dienone is 1. The zero-order chi connectivity index (χ0) is 25.8. The van der Waals surface area contributed by atoms with Gasteiger partial charge in [0.15, 0.2) is 0 Å². The third kappa shape index (κ3) is 4.79. The third-order valence-corrected chi connectivity index (χ3v) is 6.20. The topological polar surface area (TPSA) is 92.3 Å². The van der Waals surface area contributed by atoms with Gasteiger partial charge in [0.25, 0.3) is 0 Å². The molecule has 0 aliphatic heterocycles. The molecule has 8 heteroatoms. The number of carbonyl (C=O) groups is 1. The van der Waals surface area contributed by atoms with Gasteiger partial charge in [-0.2, -0.15) is 0 Å². The number of ether oxygens (including phenoxy) is 1. The lowest BCUT2D eigenvalue weighted by Crippen LogP contribution is -2.55. The van der Waals surface area contributed by atoms with Crippen molar-refractivity contribution < 1.29 is 9.53 Å². The first-order chi connectivity index (χ1) is 17.4. The van der Waals surface area contributed by atoms with Gasteiger partial charge < -0.3 is 4.74 Å². The fourth-order valence-electron chi connectivity index (χ4n) is 4.28. The lowest BCUT2D eigenvalue weighted by atomic mass is 10.0. The molecule has 3 aromatic carbocycles. The minimum atomic E-state index is -0.746. The highest BCUT2D eigenvalue weighted by Gasteiger charge is 2.21. The summed E-state index contributed by atoms with van der Waals surface area (Å²) in [6.07, 6.45) is 1.61. The largest absolute Gasteiger partial charge is 0.457 e. The molecule has 0 amide bonds. The maximum Gasteiger partial charge on any atom is 0.338 e. The monoisotopic (exact) mass is 487 g/mol. The minimum absolute atomic E-state index is 0.0238. The maximum atomic E-state index is 13.0. The third-order valence-electron chi connectivity index (χ3n) is 6.20. The lowest BCUT2D eigenvalue weighted by Gasteiger charge is -2.19. The molecular formula is C28H29N3O5. The van der Waals surface area contributed by atoms with Crippen molar-refractivity contribution in [3.8, 4) is 0 Å². The molecule has 0 aliphatic rings. The molecule has 0 N–H and O–H groups in total. The molecule has 1 heterocycles. The summed E-state index contributed by atoms with van der Waals surface area (Å²) in [6, 6.07) is 17.5. The van der Waals surface area contributed by atoms with E-state index in [0.29, 0.717) is 18.4 Å². The summed E-state index contributed by atoms with van der Waals surface area (Å²) >= 11 is 0. The second-order valence-corrected chi connectivity index (χ2v) is 8.71. The molecule has 36 heavy (non-hydrogen) atoms. The normalized spacial score (nSPS) is 12.1. The van der Waals surface area contributed by atoms with Gasteiger partial charge in [0, 0.05) is 6.54 Å². The summed E-state index contributed by atoms with van der Waals surface area (Å²) in [5.41, 5.74) is -1.75. The second kappa shape index (κ2) is 10.6. The number of hydrogen-bond donors (Lipinski definition) is 0. The highest BCUT2D eigenvalue weighted by Crippen LogP contribution is 2.24. The van der Waals surface area contributed by atoms with E-state index in [-0.39, 0.29) is 19.6 Å². The Hall–Kier alpha value is -4.20. The molecule has 0 radical (unpaired) electrons. The van der Waals surface area contributed by atoms with Crippen molar-refractivity contribution in [3.05, 3.63) is 104 Å². The molecular weight excluding hydrogens is 458 g/mol. The molecule has 0 fully saturated rings. The van der Waals surface area contributed by atoms with Gasteiger partial charge >= 0.3 is 23.0 Å². The van der Waals surface area contributed by atoms with Gasteiger partial charge in [-0.15, -0.1) is 6.58 Å². The van der Waals surface area contributed by atoms with Crippen LogP contribution in [0.5, 0.6) is 0 Å². The van der Waals surface area contributed by atoms with E-state index in [1.807, 2.05) is 43.3 Å². The molecule has 0 saturated heterocycles. The Kier molecular flexibility index (Phi) is 7.33. The standard InChI is InChI=1S/C28H29N3O5/c1-4-13-29-26(33)30(14-5-2)28(35)31(27(29)34)18-24(6-3)36-25(32)22-12-11-21-15-19-9-7-8-10-20(19)16-23(21)17-22/h4,7-12,15-17,24H,1,5-6,13-14,18H2,2-3H3. The van der Waals surface area contributed by atoms with Crippen LogP contribution >= 0.6 is 0 Å². The smallest absolute Gasteiger partial charge is 0.338 e. The van der Waals surface area contributed by atoms with Crippen molar-refractivity contribution in [1.82, 2.24) is 13.7 Å². The summed E-state index contributed by atoms with van der Waals surface area (Å²) in [4.78, 5) is 51.5. The van der Waals surface area contributed by atoms with Crippen LogP contribution in [0.15, 0.2) is 81.6 Å². The van der Waals surface area contributed by atoms with Crippen molar-refractivity contribution in [2.24, 2.45) is 0 Å². The predicted octanol–water partition coefficient (Wildman–Crippen LogP) is 3.71. The zero-order valence-corrected chi connectivity index (χ0v) is 20.5. The maximum absolute atomic E-state index is 13.0. The SMILES string of the molecule is C=CCn1c(=O)n(CCC)c(=O)n(CC(CC)OC(=O)c2ccc3cc4ccccc4cc3c2)c1=O. The van der Waals surface area contributed by atoms with Gasteiger partial charge in [0.1, 0.15) is 6.10 Å². The van der Waals surface area contributed by atoms with Crippen LogP contribution in [-0.2, 0) is 24.4 Å². The van der Waals surface area contributed by atoms with Crippen LogP contribution in [0.25, 0.3) is 21.5 Å². The summed E-state index contributed by atoms with van der Waals surface area (Å²) in [5.74, 6) is -0.543. The lowest BCUT2D eigenvalue weighted by molar-refractivity contribution is 0.0242. The Bertz CT molecular complexity index is 1630. The van der Waals surface area contributed by atoms with Crippen molar-refractivity contribution >= 4 is 27.5 Å². The van der Waals surface area contributed by atoms with Gasteiger partial charge in [-0.1, -0.05) is 50.3 Å². The predicted molar refractivity (Wildman–Crippen MR) is 141 cm³/mol. The van der Waals surface area contributed by atoms with Crippen LogP contribution < -0.4 is 17.1 Å². The molecule has 8 nitrogen and oxygen atoms in total. The summed E-state index contributed by atoms with van der Waals surface area (Å²) in [5, 5.41) is 4.10. The number of esters is 1. The zero-order valence-electron chi connectivity index (χ0n) is 20.5. The number of hydrogen-bond acceptors (Lipinski definition) is 5. The fraction of sp³-hybridized carbons (Fsp3) is 0.286. The summed E-state index contributed by atoms with van der Waals surface area (Å²) in [6.45, 7) is 7.23. The fourth-order valence-corrected chi connectivity index (χ4v) is 4.28. The quantitative estimate of drug-likeness (QED) is 0.204. The van der Waals surface area contributed by atoms with Crippen LogP contribution in [0.3, 0.4) is 0 Å². The first-order valence-corrected chi connectivity index (χ1v) is 12.1. The minimum Gasteiger partial charge on any atom is -0.457 e. The van der Waals surface area contributed by atoms with Crippen LogP contribution in [0, 0.1) is 0 Å². The second-order valence-electron chi connectivity index (χ2n) is 8.71. The molecule has 1 aromatic heterocycles. The van der Waals surface area contributed by atoms with E-state index in [0.717, 1.165) is 35.2 Å². The van der Waals surface area contributed by atoms with E-state index < -0.39 is 29.1 Å². The van der Waals surface area contributed by atoms with Crippen molar-refractivity contribution in [2.75, 3.05) is 0 Å². The van der Waals surface area contributed by atoms with Gasteiger partial charge in [0.2, 0.25) is 0 Å². The Morgan fingerprint density at radius 1 is 0.861 bits per heavy atom. The molecule has 0 aliphatic carbocycles. The van der Waals surface area contributed by atoms with E-state index in [2.05, 4.69) is 12.6 Å². The van der Waals surface area contributed by atoms with Crippen LogP contribution in [-0.4, -0.2) is 25.8 Å². The van der Waals surface area contributed by atoms with Crippen LogP contribution in [0.2, 0.25) is 0 Å². The Morgan fingerprint density at radius 3 is 2.11 bits per heavy atom. The molecule has 0 bridgehead atoms. The van der Waals surface area contributed by atoms with Crippen molar-refractivity contribution in [3.63, 3.8) is 0 Å². The van der Waals surface area contributed by atoms with Crippen molar-refractivity contribution in [2.45, 2.75) is 52.4 Å². The number of fused-ring (bicyclic) bond motifs is 2. The molecule has 4 aromatic rings. The Labute approximate surface area is 207 Å². The van der Waals surface area contributed by atoms with Gasteiger partial charge in [-0.25, -0.2) is 32.9 Å². The Balaban J connectivity index is 1.64. The number of carbonyl (C=O) groups excluding carboxylic acids is 1. The number of nitrogens with zero attached hydrogens (tertiary/aromatic N) is 3. The molecule has 0 spiro atoms. The average Bonchev–Trinajstić information content (AvgIpc) is 2.89. The van der Waals surface area contributed by atoms with Gasteiger partial charge in [0.05, 0.1) is 18.7 Å². The highest BCUT2D eigenvalue weighted by atomic mass is 16.5. The summed E-state index contributed by atoms with van der Waals surface area (Å²) < 4.78 is 8.68. The van der Waals surface area contributed by atoms with Gasteiger partial charge in [-0.3, -0.25) is 0 Å². The first-order valence-electron chi connectivity index (χ1n) is 12.1. The number of benzene rings is 3. The highest BCUT2D eigenvalue weighted by molar-refractivity contribution is 6.01. The molecule has 0 saturated carbocycles. The molecule has 1 unspecified atom stereocenters. The van der Waals surface area contributed by atoms with E-state index in [1.165, 1.54) is 6.08 Å². The van der Waals surface area contributed by atoms with E-state index in [1.54, 1.807) is 19.1 Å². The van der Waals surface area contributed by atoms with Crippen molar-refractivity contribution in [1.29, 1.82) is 0 Å². The van der Waals surface area contributed by atoms with Crippen LogP contribution in [0.4, 0.5) is 0 Å². The van der Waals surface area contributed by atoms with Gasteiger partial charge in [-0.05, 0) is 58.7 Å². The molecule has 186 valence electrons. The molecule has 4 rings (SSSR count). The summed E-state index contributed by atoms with van der Waals surface area (Å²) in [7, 11) is 0. The average molecular weight is 488 g/mol.